The van der Waals surface area contributed by atoms with Gasteiger partial charge in [0, 0.05) is 23.9 Å². The molecular weight excluding hydrogens is 390 g/mol. The molecule has 3 aromatic rings. The number of ether oxygens (including phenoxy) is 2. The van der Waals surface area contributed by atoms with E-state index in [9.17, 15) is 9.90 Å². The molecule has 0 atom stereocenters. The van der Waals surface area contributed by atoms with Gasteiger partial charge in [-0.05, 0) is 36.4 Å². The fourth-order valence-electron chi connectivity index (χ4n) is 3.24. The standard InChI is InChI=1S/C21H21N3O4S/c1-27-19-7-6-14(10-20(19)28-2)18-12-17(21(26)23-8-9-29-13-23)22-24(18)15-4-3-5-16(25)11-15/h3-7,10-12,25H,8-9,13H2,1-2H3. The Morgan fingerprint density at radius 3 is 2.62 bits per heavy atom. The highest BCUT2D eigenvalue weighted by molar-refractivity contribution is 7.99. The molecule has 2 heterocycles. The van der Waals surface area contributed by atoms with E-state index in [0.29, 0.717) is 41.0 Å². The molecule has 1 saturated heterocycles. The van der Waals surface area contributed by atoms with E-state index in [1.54, 1.807) is 59.8 Å². The van der Waals surface area contributed by atoms with Crippen molar-refractivity contribution in [1.29, 1.82) is 0 Å². The Balaban J connectivity index is 1.84. The number of benzene rings is 2. The molecule has 0 unspecified atom stereocenters. The van der Waals surface area contributed by atoms with E-state index in [-0.39, 0.29) is 11.7 Å². The van der Waals surface area contributed by atoms with Crippen LogP contribution < -0.4 is 9.47 Å². The number of methoxy groups -OCH3 is 2. The van der Waals surface area contributed by atoms with Crippen LogP contribution in [0, 0.1) is 0 Å². The number of hydrogen-bond donors (Lipinski definition) is 1. The van der Waals surface area contributed by atoms with Gasteiger partial charge in [0.1, 0.15) is 5.75 Å². The predicted octanol–water partition coefficient (Wildman–Crippen LogP) is 3.41. The summed E-state index contributed by atoms with van der Waals surface area (Å²) in [7, 11) is 3.16. The second-order valence-electron chi connectivity index (χ2n) is 6.52. The summed E-state index contributed by atoms with van der Waals surface area (Å²) in [5.41, 5.74) is 2.55. The quantitative estimate of drug-likeness (QED) is 0.693. The minimum atomic E-state index is -0.101. The summed E-state index contributed by atoms with van der Waals surface area (Å²) in [4.78, 5) is 14.7. The molecule has 2 aromatic carbocycles. The molecule has 0 saturated carbocycles. The molecule has 0 bridgehead atoms. The fraction of sp³-hybridized carbons (Fsp3) is 0.238. The van der Waals surface area contributed by atoms with Crippen molar-refractivity contribution in [1.82, 2.24) is 14.7 Å². The summed E-state index contributed by atoms with van der Waals surface area (Å²) in [6.45, 7) is 0.716. The van der Waals surface area contributed by atoms with Gasteiger partial charge in [0.15, 0.2) is 17.2 Å². The third-order valence-corrected chi connectivity index (χ3v) is 5.69. The molecule has 1 amide bonds. The van der Waals surface area contributed by atoms with Gasteiger partial charge in [0.05, 0.1) is 31.5 Å². The SMILES string of the molecule is COc1ccc(-c2cc(C(=O)N3CCSC3)nn2-c2cccc(O)c2)cc1OC. The van der Waals surface area contributed by atoms with Gasteiger partial charge in [0.2, 0.25) is 0 Å². The third kappa shape index (κ3) is 3.75. The fourth-order valence-corrected chi connectivity index (χ4v) is 4.19. The molecule has 0 radical (unpaired) electrons. The zero-order valence-electron chi connectivity index (χ0n) is 16.2. The molecule has 1 aliphatic heterocycles. The van der Waals surface area contributed by atoms with Gasteiger partial charge in [-0.3, -0.25) is 4.79 Å². The molecule has 0 spiro atoms. The van der Waals surface area contributed by atoms with Crippen LogP contribution in [0.5, 0.6) is 17.2 Å². The minimum Gasteiger partial charge on any atom is -0.508 e. The number of carbonyl (C=O) groups excluding carboxylic acids is 1. The Morgan fingerprint density at radius 2 is 1.93 bits per heavy atom. The van der Waals surface area contributed by atoms with Crippen LogP contribution in [0.1, 0.15) is 10.5 Å². The van der Waals surface area contributed by atoms with Crippen LogP contribution in [0.25, 0.3) is 16.9 Å². The topological polar surface area (TPSA) is 76.8 Å². The lowest BCUT2D eigenvalue weighted by molar-refractivity contribution is 0.0796. The normalized spacial score (nSPS) is 13.5. The van der Waals surface area contributed by atoms with Crippen LogP contribution >= 0.6 is 11.8 Å². The van der Waals surface area contributed by atoms with Gasteiger partial charge in [0.25, 0.3) is 5.91 Å². The van der Waals surface area contributed by atoms with Crippen molar-refractivity contribution >= 4 is 17.7 Å². The summed E-state index contributed by atoms with van der Waals surface area (Å²) < 4.78 is 12.4. The van der Waals surface area contributed by atoms with Crippen LogP contribution in [0.3, 0.4) is 0 Å². The number of carbonyl (C=O) groups is 1. The van der Waals surface area contributed by atoms with Crippen molar-refractivity contribution < 1.29 is 19.4 Å². The smallest absolute Gasteiger partial charge is 0.275 e. The number of hydrogen-bond acceptors (Lipinski definition) is 6. The van der Waals surface area contributed by atoms with Gasteiger partial charge in [-0.15, -0.1) is 11.8 Å². The highest BCUT2D eigenvalue weighted by Gasteiger charge is 2.24. The Hall–Kier alpha value is -3.13. The predicted molar refractivity (Wildman–Crippen MR) is 112 cm³/mol. The number of phenols is 1. The Bertz CT molecular complexity index is 1040. The van der Waals surface area contributed by atoms with Crippen molar-refractivity contribution in [2.75, 3.05) is 32.4 Å². The van der Waals surface area contributed by atoms with E-state index in [1.165, 1.54) is 0 Å². The number of aromatic nitrogens is 2. The Morgan fingerprint density at radius 1 is 1.10 bits per heavy atom. The lowest BCUT2D eigenvalue weighted by Crippen LogP contribution is -2.28. The monoisotopic (exact) mass is 411 g/mol. The largest absolute Gasteiger partial charge is 0.508 e. The summed E-state index contributed by atoms with van der Waals surface area (Å²) in [5.74, 6) is 2.82. The zero-order chi connectivity index (χ0) is 20.4. The second-order valence-corrected chi connectivity index (χ2v) is 7.60. The van der Waals surface area contributed by atoms with Crippen LogP contribution in [0.2, 0.25) is 0 Å². The van der Waals surface area contributed by atoms with Crippen molar-refractivity contribution in [3.63, 3.8) is 0 Å². The van der Waals surface area contributed by atoms with Crippen LogP contribution in [-0.2, 0) is 0 Å². The van der Waals surface area contributed by atoms with Crippen LogP contribution in [-0.4, -0.2) is 58.1 Å². The first-order valence-corrected chi connectivity index (χ1v) is 10.2. The number of rotatable bonds is 5. The average Bonchev–Trinajstić information content (AvgIpc) is 3.43. The van der Waals surface area contributed by atoms with Gasteiger partial charge in [-0.25, -0.2) is 4.68 Å². The summed E-state index contributed by atoms with van der Waals surface area (Å²) >= 11 is 1.73. The number of thioether (sulfide) groups is 1. The van der Waals surface area contributed by atoms with Gasteiger partial charge in [-0.1, -0.05) is 6.07 Å². The van der Waals surface area contributed by atoms with Crippen molar-refractivity contribution in [3.8, 4) is 34.2 Å². The molecular formula is C21H21N3O4S. The molecule has 0 aliphatic carbocycles. The average molecular weight is 411 g/mol. The summed E-state index contributed by atoms with van der Waals surface area (Å²) in [6.07, 6.45) is 0. The Kier molecular flexibility index (Phi) is 5.35. The van der Waals surface area contributed by atoms with Gasteiger partial charge in [-0.2, -0.15) is 5.10 Å². The number of amides is 1. The van der Waals surface area contributed by atoms with E-state index in [4.69, 9.17) is 9.47 Å². The highest BCUT2D eigenvalue weighted by Crippen LogP contribution is 2.34. The van der Waals surface area contributed by atoms with E-state index in [1.807, 2.05) is 24.3 Å². The molecule has 1 aromatic heterocycles. The lowest BCUT2D eigenvalue weighted by Gasteiger charge is -2.12. The Labute approximate surface area is 172 Å². The molecule has 4 rings (SSSR count). The zero-order valence-corrected chi connectivity index (χ0v) is 17.0. The van der Waals surface area contributed by atoms with E-state index in [2.05, 4.69) is 5.10 Å². The minimum absolute atomic E-state index is 0.101. The first kappa shape index (κ1) is 19.2. The first-order chi connectivity index (χ1) is 14.1. The molecule has 7 nitrogen and oxygen atoms in total. The highest BCUT2D eigenvalue weighted by atomic mass is 32.2. The lowest BCUT2D eigenvalue weighted by atomic mass is 10.1. The van der Waals surface area contributed by atoms with Crippen molar-refractivity contribution in [2.45, 2.75) is 0 Å². The van der Waals surface area contributed by atoms with Gasteiger partial charge >= 0.3 is 0 Å². The maximum Gasteiger partial charge on any atom is 0.275 e. The van der Waals surface area contributed by atoms with Gasteiger partial charge < -0.3 is 19.5 Å². The van der Waals surface area contributed by atoms with E-state index in [0.717, 1.165) is 11.3 Å². The first-order valence-electron chi connectivity index (χ1n) is 9.09. The third-order valence-electron chi connectivity index (χ3n) is 4.72. The molecule has 1 N–H and O–H groups in total. The van der Waals surface area contributed by atoms with Crippen LogP contribution in [0.15, 0.2) is 48.5 Å². The van der Waals surface area contributed by atoms with E-state index < -0.39 is 0 Å². The molecule has 1 aliphatic rings. The molecule has 29 heavy (non-hydrogen) atoms. The maximum atomic E-state index is 12.9. The second kappa shape index (κ2) is 8.08. The number of nitrogens with zero attached hydrogens (tertiary/aromatic N) is 3. The maximum absolute atomic E-state index is 12.9. The van der Waals surface area contributed by atoms with Crippen molar-refractivity contribution in [3.05, 3.63) is 54.2 Å². The number of phenolic OH excluding ortho intramolecular Hbond substituents is 1. The molecule has 1 fully saturated rings. The molecule has 8 heteroatoms. The molecule has 150 valence electrons. The van der Waals surface area contributed by atoms with E-state index >= 15 is 0 Å². The number of aromatic hydroxyl groups is 1. The summed E-state index contributed by atoms with van der Waals surface area (Å²) in [6, 6.07) is 14.1. The summed E-state index contributed by atoms with van der Waals surface area (Å²) in [5, 5.41) is 14.5. The van der Waals surface area contributed by atoms with Crippen molar-refractivity contribution in [2.24, 2.45) is 0 Å². The van der Waals surface area contributed by atoms with Crippen LogP contribution in [0.4, 0.5) is 0 Å².